The summed E-state index contributed by atoms with van der Waals surface area (Å²) in [5, 5.41) is -0.171. The lowest BCUT2D eigenvalue weighted by molar-refractivity contribution is -0.138. The Morgan fingerprint density at radius 2 is 1.86 bits per heavy atom. The van der Waals surface area contributed by atoms with Crippen LogP contribution in [0.2, 0.25) is 5.15 Å². The van der Waals surface area contributed by atoms with E-state index >= 15 is 0 Å². The molecule has 0 spiro atoms. The van der Waals surface area contributed by atoms with Crippen LogP contribution in [0.1, 0.15) is 68.7 Å². The lowest BCUT2D eigenvalue weighted by Gasteiger charge is -2.40. The zero-order valence-corrected chi connectivity index (χ0v) is 20.7. The van der Waals surface area contributed by atoms with Crippen molar-refractivity contribution in [3.05, 3.63) is 28.3 Å². The predicted octanol–water partition coefficient (Wildman–Crippen LogP) is 5.25. The second-order valence-electron chi connectivity index (χ2n) is 10.3. The van der Waals surface area contributed by atoms with Gasteiger partial charge in [0.2, 0.25) is 5.91 Å². The Bertz CT molecular complexity index is 1100. The molecule has 2 amide bonds. The van der Waals surface area contributed by atoms with Crippen molar-refractivity contribution in [2.24, 2.45) is 17.8 Å². The van der Waals surface area contributed by atoms with Crippen LogP contribution in [0.5, 0.6) is 0 Å². The first-order valence-corrected chi connectivity index (χ1v) is 12.7. The quantitative estimate of drug-likeness (QED) is 0.544. The molecule has 0 bridgehead atoms. The molecule has 1 aliphatic heterocycles. The van der Waals surface area contributed by atoms with E-state index in [-0.39, 0.29) is 29.3 Å². The number of carbonyl (C=O) groups excluding carboxylic acids is 2. The van der Waals surface area contributed by atoms with Crippen LogP contribution in [-0.2, 0) is 4.79 Å². The molecule has 2 heterocycles. The molecule has 3 atom stereocenters. The van der Waals surface area contributed by atoms with Crippen molar-refractivity contribution >= 4 is 35.2 Å². The van der Waals surface area contributed by atoms with Crippen LogP contribution in [0.25, 0.3) is 11.8 Å². The summed E-state index contributed by atoms with van der Waals surface area (Å²) >= 11 is 6.49. The third-order valence-electron chi connectivity index (χ3n) is 7.94. The van der Waals surface area contributed by atoms with E-state index in [2.05, 4.69) is 4.98 Å². The van der Waals surface area contributed by atoms with Gasteiger partial charge in [0.05, 0.1) is 5.57 Å². The van der Waals surface area contributed by atoms with Gasteiger partial charge in [-0.3, -0.25) is 14.2 Å². The van der Waals surface area contributed by atoms with Crippen LogP contribution in [0.15, 0.2) is 11.6 Å². The van der Waals surface area contributed by atoms with Crippen molar-refractivity contribution in [2.75, 3.05) is 19.6 Å². The minimum Gasteiger partial charge on any atom is -0.336 e. The Morgan fingerprint density at radius 3 is 2.46 bits per heavy atom. The maximum atomic E-state index is 13.8. The topological polar surface area (TPSA) is 58.4 Å². The lowest BCUT2D eigenvalue weighted by Crippen LogP contribution is -2.56. The highest BCUT2D eigenvalue weighted by molar-refractivity contribution is 6.33. The highest BCUT2D eigenvalue weighted by atomic mass is 35.5. The summed E-state index contributed by atoms with van der Waals surface area (Å²) in [6, 6.07) is 0.220. The van der Waals surface area contributed by atoms with Gasteiger partial charge >= 0.3 is 6.18 Å². The van der Waals surface area contributed by atoms with Gasteiger partial charge in [0.25, 0.3) is 5.91 Å². The number of hydrogen-bond acceptors (Lipinski definition) is 3. The van der Waals surface area contributed by atoms with E-state index in [1.54, 1.807) is 6.20 Å². The Labute approximate surface area is 207 Å². The van der Waals surface area contributed by atoms with E-state index in [0.717, 1.165) is 60.2 Å². The molecule has 10 heteroatoms. The zero-order chi connectivity index (χ0) is 25.1. The third-order valence-corrected chi connectivity index (χ3v) is 8.31. The van der Waals surface area contributed by atoms with Crippen molar-refractivity contribution in [3.63, 3.8) is 0 Å². The van der Waals surface area contributed by atoms with Gasteiger partial charge in [-0.25, -0.2) is 4.98 Å². The van der Waals surface area contributed by atoms with Gasteiger partial charge in [0.1, 0.15) is 11.7 Å². The molecule has 190 valence electrons. The average molecular weight is 511 g/mol. The summed E-state index contributed by atoms with van der Waals surface area (Å²) < 4.78 is 42.4. The number of nitrogens with zero attached hydrogens (tertiary/aromatic N) is 4. The zero-order valence-electron chi connectivity index (χ0n) is 19.9. The van der Waals surface area contributed by atoms with Gasteiger partial charge in [-0.05, 0) is 70.1 Å². The number of rotatable bonds is 5. The molecule has 3 unspecified atom stereocenters. The Morgan fingerprint density at radius 1 is 1.11 bits per heavy atom. The number of imidazole rings is 1. The highest BCUT2D eigenvalue weighted by Gasteiger charge is 2.45. The van der Waals surface area contributed by atoms with Crippen LogP contribution in [0, 0.1) is 17.8 Å². The molecule has 0 aromatic carbocycles. The first-order chi connectivity index (χ1) is 16.6. The second-order valence-corrected chi connectivity index (χ2v) is 10.7. The van der Waals surface area contributed by atoms with Gasteiger partial charge in [-0.15, -0.1) is 0 Å². The van der Waals surface area contributed by atoms with Crippen LogP contribution in [0.4, 0.5) is 13.2 Å². The monoisotopic (exact) mass is 510 g/mol. The summed E-state index contributed by atoms with van der Waals surface area (Å²) in [5.74, 6) is 0.690. The average Bonchev–Trinajstić information content (AvgIpc) is 3.72. The van der Waals surface area contributed by atoms with Crippen LogP contribution in [-0.4, -0.2) is 63.0 Å². The number of alkyl halides is 3. The predicted molar refractivity (Wildman–Crippen MR) is 126 cm³/mol. The fourth-order valence-corrected chi connectivity index (χ4v) is 5.88. The van der Waals surface area contributed by atoms with E-state index in [4.69, 9.17) is 11.6 Å². The molecule has 1 saturated heterocycles. The summed E-state index contributed by atoms with van der Waals surface area (Å²) in [6.07, 6.45) is 4.19. The van der Waals surface area contributed by atoms with E-state index in [0.29, 0.717) is 19.0 Å². The standard InChI is InChI=1S/C25H30ClF3N4O2/c1-3-19(25(27,28)29)23-30-21(22(26)33(23)12-14(2)15-4-5-15)24(35)31-8-9-32(20(34)13-31)18-7-6-16-10-17(16)11-18/h3,12,15-18H,4-11,13H2,1-2H3/b14-12+,19-3+. The largest absolute Gasteiger partial charge is 0.419 e. The van der Waals surface area contributed by atoms with E-state index < -0.39 is 23.5 Å². The molecule has 5 rings (SSSR count). The van der Waals surface area contributed by atoms with Crippen molar-refractivity contribution in [2.45, 2.75) is 64.6 Å². The summed E-state index contributed by atoms with van der Waals surface area (Å²) in [5.41, 5.74) is -0.337. The van der Waals surface area contributed by atoms with Gasteiger partial charge in [0, 0.05) is 25.3 Å². The molecule has 3 aliphatic carbocycles. The summed E-state index contributed by atoms with van der Waals surface area (Å²) in [7, 11) is 0. The van der Waals surface area contributed by atoms with Crippen LogP contribution < -0.4 is 0 Å². The van der Waals surface area contributed by atoms with Gasteiger partial charge < -0.3 is 9.80 Å². The number of aromatic nitrogens is 2. The van der Waals surface area contributed by atoms with Gasteiger partial charge in [-0.1, -0.05) is 23.3 Å². The molecular formula is C25H30ClF3N4O2. The minimum atomic E-state index is -4.66. The highest BCUT2D eigenvalue weighted by Crippen LogP contribution is 2.50. The maximum Gasteiger partial charge on any atom is 0.419 e. The second kappa shape index (κ2) is 8.98. The van der Waals surface area contributed by atoms with E-state index in [9.17, 15) is 22.8 Å². The number of fused-ring (bicyclic) bond motifs is 1. The van der Waals surface area contributed by atoms with Gasteiger partial charge in [-0.2, -0.15) is 13.2 Å². The summed E-state index contributed by atoms with van der Waals surface area (Å²) in [6.45, 7) is 3.73. The molecule has 1 aromatic heterocycles. The number of hydrogen-bond donors (Lipinski definition) is 0. The van der Waals surface area contributed by atoms with Crippen molar-refractivity contribution in [1.82, 2.24) is 19.4 Å². The van der Waals surface area contributed by atoms with E-state index in [1.165, 1.54) is 18.2 Å². The maximum absolute atomic E-state index is 13.8. The fourth-order valence-electron chi connectivity index (χ4n) is 5.63. The molecule has 4 aliphatic rings. The lowest BCUT2D eigenvalue weighted by atomic mass is 9.93. The first-order valence-electron chi connectivity index (χ1n) is 12.4. The molecule has 35 heavy (non-hydrogen) atoms. The molecule has 0 radical (unpaired) electrons. The molecule has 1 aromatic rings. The number of allylic oxidation sites excluding steroid dienone is 3. The molecular weight excluding hydrogens is 481 g/mol. The smallest absolute Gasteiger partial charge is 0.336 e. The van der Waals surface area contributed by atoms with E-state index in [1.807, 2.05) is 11.8 Å². The van der Waals surface area contributed by atoms with Crippen molar-refractivity contribution in [3.8, 4) is 0 Å². The molecule has 4 fully saturated rings. The third kappa shape index (κ3) is 4.76. The minimum absolute atomic E-state index is 0.116. The summed E-state index contributed by atoms with van der Waals surface area (Å²) in [4.78, 5) is 33.6. The van der Waals surface area contributed by atoms with Crippen molar-refractivity contribution in [1.29, 1.82) is 0 Å². The normalized spacial score (nSPS) is 27.8. The number of amides is 2. The van der Waals surface area contributed by atoms with Crippen LogP contribution in [0.3, 0.4) is 0 Å². The molecule has 6 nitrogen and oxygen atoms in total. The number of carbonyl (C=O) groups is 2. The fraction of sp³-hybridized carbons (Fsp3) is 0.640. The Hall–Kier alpha value is -2.29. The van der Waals surface area contributed by atoms with Crippen molar-refractivity contribution < 1.29 is 22.8 Å². The number of halogens is 4. The molecule has 0 N–H and O–H groups in total. The SMILES string of the molecule is C/C=C(\c1nc(C(=O)N2CCN(C3CCC4CC4C3)C(=O)C2)c(Cl)n1/C=C(\C)C1CC1)C(F)(F)F. The van der Waals surface area contributed by atoms with Gasteiger partial charge in [0.15, 0.2) is 11.5 Å². The number of piperazine rings is 1. The first kappa shape index (κ1) is 24.4. The Kier molecular flexibility index (Phi) is 6.26. The Balaban J connectivity index is 1.39. The molecule has 3 saturated carbocycles. The van der Waals surface area contributed by atoms with Crippen LogP contribution >= 0.6 is 11.6 Å².